The van der Waals surface area contributed by atoms with E-state index in [2.05, 4.69) is 26.1 Å². The van der Waals surface area contributed by atoms with Crippen molar-refractivity contribution in [1.82, 2.24) is 5.32 Å². The molecule has 1 saturated heterocycles. The Bertz CT molecular complexity index is 285. The molecule has 1 spiro atoms. The van der Waals surface area contributed by atoms with Crippen LogP contribution in [0.4, 0.5) is 0 Å². The van der Waals surface area contributed by atoms with E-state index in [9.17, 15) is 0 Å². The Kier molecular flexibility index (Phi) is 3.22. The van der Waals surface area contributed by atoms with Crippen LogP contribution >= 0.6 is 0 Å². The van der Waals surface area contributed by atoms with Gasteiger partial charge in [0.1, 0.15) is 5.72 Å². The van der Waals surface area contributed by atoms with Crippen LogP contribution in [0.2, 0.25) is 0 Å². The van der Waals surface area contributed by atoms with E-state index in [0.29, 0.717) is 5.41 Å². The topological polar surface area (TPSA) is 21.3 Å². The lowest BCUT2D eigenvalue weighted by atomic mass is 9.70. The van der Waals surface area contributed by atoms with Gasteiger partial charge in [-0.05, 0) is 61.7 Å². The maximum Gasteiger partial charge on any atom is 0.119 e. The minimum absolute atomic E-state index is 0.0488. The molecule has 1 unspecified atom stereocenters. The highest BCUT2D eigenvalue weighted by Crippen LogP contribution is 2.45. The van der Waals surface area contributed by atoms with Crippen molar-refractivity contribution in [2.24, 2.45) is 23.2 Å². The second-order valence-electron chi connectivity index (χ2n) is 7.92. The van der Waals surface area contributed by atoms with E-state index in [0.717, 1.165) is 24.4 Å². The Morgan fingerprint density at radius 2 is 1.67 bits per heavy atom. The molecular weight excluding hydrogens is 222 g/mol. The number of hydrogen-bond acceptors (Lipinski definition) is 2. The highest BCUT2D eigenvalue weighted by atomic mass is 16.5. The summed E-state index contributed by atoms with van der Waals surface area (Å²) >= 11 is 0. The summed E-state index contributed by atoms with van der Waals surface area (Å²) < 4.78 is 6.27. The molecule has 0 amide bonds. The fraction of sp³-hybridized carbons (Fsp3) is 1.00. The molecule has 3 aliphatic rings. The van der Waals surface area contributed by atoms with E-state index < -0.39 is 0 Å². The summed E-state index contributed by atoms with van der Waals surface area (Å²) in [7, 11) is 0. The van der Waals surface area contributed by atoms with Crippen molar-refractivity contribution < 1.29 is 4.74 Å². The smallest absolute Gasteiger partial charge is 0.119 e. The van der Waals surface area contributed by atoms with Crippen molar-refractivity contribution in [2.75, 3.05) is 13.2 Å². The number of nitrogens with one attached hydrogen (secondary N) is 1. The number of hydrogen-bond donors (Lipinski definition) is 1. The highest BCUT2D eigenvalue weighted by molar-refractivity contribution is 4.94. The van der Waals surface area contributed by atoms with E-state index >= 15 is 0 Å². The van der Waals surface area contributed by atoms with Gasteiger partial charge in [0, 0.05) is 6.54 Å². The van der Waals surface area contributed by atoms with Gasteiger partial charge < -0.3 is 4.74 Å². The Labute approximate surface area is 112 Å². The number of rotatable bonds is 1. The molecule has 1 aliphatic heterocycles. The van der Waals surface area contributed by atoms with Gasteiger partial charge in [0.25, 0.3) is 0 Å². The summed E-state index contributed by atoms with van der Waals surface area (Å²) in [4.78, 5) is 0. The molecule has 3 rings (SSSR count). The van der Waals surface area contributed by atoms with Crippen LogP contribution in [0.15, 0.2) is 0 Å². The molecule has 0 aromatic carbocycles. The van der Waals surface area contributed by atoms with Crippen LogP contribution in [0.3, 0.4) is 0 Å². The maximum atomic E-state index is 6.27. The largest absolute Gasteiger partial charge is 0.360 e. The quantitative estimate of drug-likeness (QED) is 0.769. The van der Waals surface area contributed by atoms with Crippen molar-refractivity contribution in [1.29, 1.82) is 0 Å². The summed E-state index contributed by atoms with van der Waals surface area (Å²) in [5, 5.41) is 3.76. The first-order valence-corrected chi connectivity index (χ1v) is 7.87. The van der Waals surface area contributed by atoms with Crippen LogP contribution in [0.5, 0.6) is 0 Å². The molecule has 18 heavy (non-hydrogen) atoms. The normalized spacial score (nSPS) is 42.2. The third-order valence-electron chi connectivity index (χ3n) is 5.57. The second-order valence-corrected chi connectivity index (χ2v) is 7.92. The molecule has 0 aromatic rings. The first-order valence-electron chi connectivity index (χ1n) is 7.87. The maximum absolute atomic E-state index is 6.27. The summed E-state index contributed by atoms with van der Waals surface area (Å²) in [6.45, 7) is 9.36. The SMILES string of the molecule is CC(C)(C)C1CCC2(CC1)NCC(C1CC1)CO2. The van der Waals surface area contributed by atoms with Crippen molar-refractivity contribution in [3.63, 3.8) is 0 Å². The lowest BCUT2D eigenvalue weighted by Crippen LogP contribution is -2.57. The van der Waals surface area contributed by atoms with Crippen LogP contribution in [-0.2, 0) is 4.74 Å². The zero-order valence-corrected chi connectivity index (χ0v) is 12.3. The molecule has 2 heteroatoms. The van der Waals surface area contributed by atoms with Crippen LogP contribution in [0.1, 0.15) is 59.3 Å². The lowest BCUT2D eigenvalue weighted by molar-refractivity contribution is -0.147. The second kappa shape index (κ2) is 4.49. The van der Waals surface area contributed by atoms with Crippen molar-refractivity contribution >= 4 is 0 Å². The molecule has 3 fully saturated rings. The summed E-state index contributed by atoms with van der Waals surface area (Å²) in [6, 6.07) is 0. The Morgan fingerprint density at radius 1 is 1.00 bits per heavy atom. The minimum Gasteiger partial charge on any atom is -0.360 e. The molecule has 2 nitrogen and oxygen atoms in total. The van der Waals surface area contributed by atoms with Gasteiger partial charge >= 0.3 is 0 Å². The average Bonchev–Trinajstić information content (AvgIpc) is 3.13. The first-order chi connectivity index (χ1) is 8.49. The Balaban J connectivity index is 1.52. The predicted octanol–water partition coefficient (Wildman–Crippen LogP) is 3.57. The molecule has 1 heterocycles. The van der Waals surface area contributed by atoms with Gasteiger partial charge in [0.05, 0.1) is 6.61 Å². The molecular formula is C16H29NO. The van der Waals surface area contributed by atoms with Gasteiger partial charge in [-0.2, -0.15) is 0 Å². The van der Waals surface area contributed by atoms with E-state index in [4.69, 9.17) is 4.74 Å². The van der Waals surface area contributed by atoms with E-state index in [1.54, 1.807) is 0 Å². The highest BCUT2D eigenvalue weighted by Gasteiger charge is 2.44. The van der Waals surface area contributed by atoms with E-state index in [1.807, 2.05) is 0 Å². The third-order valence-corrected chi connectivity index (χ3v) is 5.57. The molecule has 0 aromatic heterocycles. The molecule has 2 aliphatic carbocycles. The Hall–Kier alpha value is -0.0800. The zero-order chi connectivity index (χ0) is 12.8. The fourth-order valence-corrected chi connectivity index (χ4v) is 3.84. The Morgan fingerprint density at radius 3 is 2.11 bits per heavy atom. The van der Waals surface area contributed by atoms with Gasteiger partial charge in [-0.15, -0.1) is 0 Å². The van der Waals surface area contributed by atoms with Gasteiger partial charge in [-0.25, -0.2) is 0 Å². The van der Waals surface area contributed by atoms with Gasteiger partial charge in [0.15, 0.2) is 0 Å². The number of ether oxygens (including phenoxy) is 1. The molecule has 1 N–H and O–H groups in total. The van der Waals surface area contributed by atoms with E-state index in [1.165, 1.54) is 45.1 Å². The van der Waals surface area contributed by atoms with Crippen LogP contribution in [0.25, 0.3) is 0 Å². The molecule has 0 bridgehead atoms. The molecule has 0 radical (unpaired) electrons. The van der Waals surface area contributed by atoms with Crippen molar-refractivity contribution in [3.05, 3.63) is 0 Å². The van der Waals surface area contributed by atoms with Crippen LogP contribution < -0.4 is 5.32 Å². The van der Waals surface area contributed by atoms with Gasteiger partial charge in [-0.1, -0.05) is 20.8 Å². The standard InChI is InChI=1S/C16H29NO/c1-15(2,3)14-6-8-16(9-7-14)17-10-13(11-18-16)12-4-5-12/h12-14,17H,4-11H2,1-3H3. The van der Waals surface area contributed by atoms with E-state index in [-0.39, 0.29) is 5.72 Å². The molecule has 104 valence electrons. The fourth-order valence-electron chi connectivity index (χ4n) is 3.84. The molecule has 2 saturated carbocycles. The van der Waals surface area contributed by atoms with Crippen LogP contribution in [0, 0.1) is 23.2 Å². The predicted molar refractivity (Wildman–Crippen MR) is 74.3 cm³/mol. The third kappa shape index (κ3) is 2.60. The summed E-state index contributed by atoms with van der Waals surface area (Å²) in [6.07, 6.45) is 7.96. The first kappa shape index (κ1) is 12.9. The van der Waals surface area contributed by atoms with Crippen molar-refractivity contribution in [3.8, 4) is 0 Å². The summed E-state index contributed by atoms with van der Waals surface area (Å²) in [5.41, 5.74) is 0.514. The van der Waals surface area contributed by atoms with Gasteiger partial charge in [0.2, 0.25) is 0 Å². The average molecular weight is 251 g/mol. The monoisotopic (exact) mass is 251 g/mol. The van der Waals surface area contributed by atoms with Crippen molar-refractivity contribution in [2.45, 2.75) is 65.0 Å². The molecule has 1 atom stereocenters. The van der Waals surface area contributed by atoms with Gasteiger partial charge in [-0.3, -0.25) is 5.32 Å². The summed E-state index contributed by atoms with van der Waals surface area (Å²) in [5.74, 6) is 2.64. The minimum atomic E-state index is 0.0488. The van der Waals surface area contributed by atoms with Crippen LogP contribution in [-0.4, -0.2) is 18.9 Å². The zero-order valence-electron chi connectivity index (χ0n) is 12.3. The lowest BCUT2D eigenvalue weighted by Gasteiger charge is -2.47.